The molecule has 6 nitrogen and oxygen atoms in total. The van der Waals surface area contributed by atoms with E-state index in [1.165, 1.54) is 0 Å². The van der Waals surface area contributed by atoms with Crippen molar-refractivity contribution in [3.05, 3.63) is 65.1 Å². The summed E-state index contributed by atoms with van der Waals surface area (Å²) in [4.78, 5) is 27.1. The van der Waals surface area contributed by atoms with Crippen LogP contribution < -0.4 is 15.9 Å². The lowest BCUT2D eigenvalue weighted by atomic mass is 10.3. The van der Waals surface area contributed by atoms with Crippen molar-refractivity contribution in [2.45, 2.75) is 32.9 Å². The quantitative estimate of drug-likeness (QED) is 0.621. The number of carbonyl (C=O) groups is 1. The molecule has 0 aliphatic heterocycles. The minimum atomic E-state index is -0.0420. The SMILES string of the molecule is CCCn1c(=O)n(CCC(=O)NCCN(C)c2ccccc2)c2ccccc21. The van der Waals surface area contributed by atoms with Crippen LogP contribution in [0.3, 0.4) is 0 Å². The van der Waals surface area contributed by atoms with Crippen molar-refractivity contribution in [3.8, 4) is 0 Å². The molecule has 2 aromatic carbocycles. The molecule has 1 amide bonds. The molecule has 0 fully saturated rings. The lowest BCUT2D eigenvalue weighted by Gasteiger charge is -2.19. The summed E-state index contributed by atoms with van der Waals surface area (Å²) >= 11 is 0. The van der Waals surface area contributed by atoms with Gasteiger partial charge in [-0.2, -0.15) is 0 Å². The molecule has 0 radical (unpaired) electrons. The molecular weight excluding hydrogens is 352 g/mol. The number of para-hydroxylation sites is 3. The number of aryl methyl sites for hydroxylation is 2. The monoisotopic (exact) mass is 380 g/mol. The highest BCUT2D eigenvalue weighted by atomic mass is 16.2. The molecule has 1 aromatic heterocycles. The first-order valence-corrected chi connectivity index (χ1v) is 9.82. The number of carbonyl (C=O) groups excluding carboxylic acids is 1. The van der Waals surface area contributed by atoms with Crippen LogP contribution in [-0.2, 0) is 17.9 Å². The second-order valence-electron chi connectivity index (χ2n) is 6.93. The molecule has 3 rings (SSSR count). The van der Waals surface area contributed by atoms with Crippen LogP contribution in [-0.4, -0.2) is 35.2 Å². The zero-order valence-electron chi connectivity index (χ0n) is 16.6. The van der Waals surface area contributed by atoms with Crippen molar-refractivity contribution in [1.29, 1.82) is 0 Å². The van der Waals surface area contributed by atoms with Crippen molar-refractivity contribution >= 4 is 22.6 Å². The first kappa shape index (κ1) is 19.7. The number of nitrogens with zero attached hydrogens (tertiary/aromatic N) is 3. The van der Waals surface area contributed by atoms with Gasteiger partial charge in [-0.25, -0.2) is 4.79 Å². The van der Waals surface area contributed by atoms with E-state index in [-0.39, 0.29) is 18.0 Å². The standard InChI is InChI=1S/C22H28N4O2/c1-3-15-25-19-11-7-8-12-20(19)26(22(25)28)16-13-21(27)23-14-17-24(2)18-9-5-4-6-10-18/h4-12H,3,13-17H2,1-2H3,(H,23,27). The molecule has 1 N–H and O–H groups in total. The number of hydrogen-bond donors (Lipinski definition) is 1. The summed E-state index contributed by atoms with van der Waals surface area (Å²) < 4.78 is 3.50. The second kappa shape index (κ2) is 9.26. The Balaban J connectivity index is 1.56. The summed E-state index contributed by atoms with van der Waals surface area (Å²) in [5.41, 5.74) is 2.89. The van der Waals surface area contributed by atoms with Gasteiger partial charge in [-0.3, -0.25) is 13.9 Å². The number of anilines is 1. The summed E-state index contributed by atoms with van der Waals surface area (Å²) in [5.74, 6) is -0.0410. The van der Waals surface area contributed by atoms with Crippen molar-refractivity contribution in [3.63, 3.8) is 0 Å². The third-order valence-corrected chi connectivity index (χ3v) is 4.90. The number of fused-ring (bicyclic) bond motifs is 1. The Bertz CT molecular complexity index is 975. The van der Waals surface area contributed by atoms with Crippen molar-refractivity contribution < 1.29 is 4.79 Å². The Morgan fingerprint density at radius 1 is 0.964 bits per heavy atom. The summed E-state index contributed by atoms with van der Waals surface area (Å²) in [6.45, 7) is 4.42. The van der Waals surface area contributed by atoms with E-state index >= 15 is 0 Å². The Morgan fingerprint density at radius 3 is 2.21 bits per heavy atom. The van der Waals surface area contributed by atoms with Gasteiger partial charge >= 0.3 is 5.69 Å². The van der Waals surface area contributed by atoms with Crippen molar-refractivity contribution in [2.75, 3.05) is 25.0 Å². The minimum Gasteiger partial charge on any atom is -0.373 e. The van der Waals surface area contributed by atoms with E-state index in [2.05, 4.69) is 17.1 Å². The molecule has 28 heavy (non-hydrogen) atoms. The Hall–Kier alpha value is -3.02. The molecule has 0 bridgehead atoms. The molecule has 1 heterocycles. The maximum absolute atomic E-state index is 12.7. The van der Waals surface area contributed by atoms with E-state index in [4.69, 9.17) is 0 Å². The van der Waals surface area contributed by atoms with Gasteiger partial charge in [-0.05, 0) is 30.7 Å². The molecule has 0 spiro atoms. The number of benzene rings is 2. The number of rotatable bonds is 9. The van der Waals surface area contributed by atoms with Crippen LogP contribution in [0.15, 0.2) is 59.4 Å². The van der Waals surface area contributed by atoms with Crippen LogP contribution >= 0.6 is 0 Å². The van der Waals surface area contributed by atoms with E-state index in [9.17, 15) is 9.59 Å². The maximum Gasteiger partial charge on any atom is 0.329 e. The van der Waals surface area contributed by atoms with E-state index in [0.29, 0.717) is 19.6 Å². The lowest BCUT2D eigenvalue weighted by molar-refractivity contribution is -0.121. The van der Waals surface area contributed by atoms with Crippen LogP contribution in [0.5, 0.6) is 0 Å². The summed E-state index contributed by atoms with van der Waals surface area (Å²) in [5, 5.41) is 2.95. The van der Waals surface area contributed by atoms with Gasteiger partial charge in [0.1, 0.15) is 0 Å². The van der Waals surface area contributed by atoms with Crippen LogP contribution in [0.25, 0.3) is 11.0 Å². The predicted molar refractivity (Wildman–Crippen MR) is 114 cm³/mol. The number of nitrogens with one attached hydrogen (secondary N) is 1. The molecule has 3 aromatic rings. The molecule has 0 atom stereocenters. The van der Waals surface area contributed by atoms with Crippen LogP contribution in [0.1, 0.15) is 19.8 Å². The zero-order chi connectivity index (χ0) is 19.9. The van der Waals surface area contributed by atoms with Crippen molar-refractivity contribution in [1.82, 2.24) is 14.5 Å². The van der Waals surface area contributed by atoms with E-state index in [1.807, 2.05) is 61.6 Å². The topological polar surface area (TPSA) is 59.3 Å². The highest BCUT2D eigenvalue weighted by Gasteiger charge is 2.13. The zero-order valence-corrected chi connectivity index (χ0v) is 16.6. The summed E-state index contributed by atoms with van der Waals surface area (Å²) in [7, 11) is 2.00. The average molecular weight is 380 g/mol. The fourth-order valence-electron chi connectivity index (χ4n) is 3.40. The molecule has 0 saturated heterocycles. The second-order valence-corrected chi connectivity index (χ2v) is 6.93. The lowest BCUT2D eigenvalue weighted by Crippen LogP contribution is -2.34. The van der Waals surface area contributed by atoms with E-state index in [0.717, 1.165) is 29.7 Å². The van der Waals surface area contributed by atoms with E-state index in [1.54, 1.807) is 9.13 Å². The molecule has 148 valence electrons. The summed E-state index contributed by atoms with van der Waals surface area (Å²) in [6, 6.07) is 17.8. The molecule has 0 unspecified atom stereocenters. The minimum absolute atomic E-state index is 0.0410. The number of likely N-dealkylation sites (N-methyl/N-ethyl adjacent to an activating group) is 1. The molecule has 0 aliphatic carbocycles. The van der Waals surface area contributed by atoms with Crippen LogP contribution in [0.4, 0.5) is 5.69 Å². The van der Waals surface area contributed by atoms with Gasteiger partial charge in [-0.1, -0.05) is 37.3 Å². The largest absolute Gasteiger partial charge is 0.373 e. The fourth-order valence-corrected chi connectivity index (χ4v) is 3.40. The number of amides is 1. The van der Waals surface area contributed by atoms with Gasteiger partial charge in [0, 0.05) is 45.3 Å². The molecular formula is C22H28N4O2. The van der Waals surface area contributed by atoms with Gasteiger partial charge in [0.15, 0.2) is 0 Å². The van der Waals surface area contributed by atoms with Gasteiger partial charge in [-0.15, -0.1) is 0 Å². The van der Waals surface area contributed by atoms with Gasteiger partial charge in [0.25, 0.3) is 0 Å². The number of imidazole rings is 1. The third kappa shape index (κ3) is 4.44. The molecule has 6 heteroatoms. The van der Waals surface area contributed by atoms with Gasteiger partial charge in [0.2, 0.25) is 5.91 Å². The number of aromatic nitrogens is 2. The Morgan fingerprint density at radius 2 is 1.57 bits per heavy atom. The third-order valence-electron chi connectivity index (χ3n) is 4.90. The Labute approximate surface area is 165 Å². The normalized spacial score (nSPS) is 10.9. The predicted octanol–water partition coefficient (Wildman–Crippen LogP) is 2.86. The highest BCUT2D eigenvalue weighted by molar-refractivity contribution is 5.78. The average Bonchev–Trinajstić information content (AvgIpc) is 2.98. The summed E-state index contributed by atoms with van der Waals surface area (Å²) in [6.07, 6.45) is 1.18. The molecule has 0 saturated carbocycles. The molecule has 0 aliphatic rings. The maximum atomic E-state index is 12.7. The smallest absolute Gasteiger partial charge is 0.329 e. The van der Waals surface area contributed by atoms with Gasteiger partial charge < -0.3 is 10.2 Å². The van der Waals surface area contributed by atoms with Crippen molar-refractivity contribution in [2.24, 2.45) is 0 Å². The first-order chi connectivity index (χ1) is 13.6. The first-order valence-electron chi connectivity index (χ1n) is 9.82. The fraction of sp³-hybridized carbons (Fsp3) is 0.364. The Kier molecular flexibility index (Phi) is 6.53. The van der Waals surface area contributed by atoms with Crippen LogP contribution in [0.2, 0.25) is 0 Å². The van der Waals surface area contributed by atoms with Crippen LogP contribution in [0, 0.1) is 0 Å². The number of hydrogen-bond acceptors (Lipinski definition) is 3. The van der Waals surface area contributed by atoms with E-state index < -0.39 is 0 Å². The highest BCUT2D eigenvalue weighted by Crippen LogP contribution is 2.13. The van der Waals surface area contributed by atoms with Gasteiger partial charge in [0.05, 0.1) is 11.0 Å².